The molecule has 0 bridgehead atoms. The zero-order chi connectivity index (χ0) is 21.2. The van der Waals surface area contributed by atoms with Crippen molar-refractivity contribution in [3.63, 3.8) is 0 Å². The zero-order valence-corrected chi connectivity index (χ0v) is 19.4. The van der Waals surface area contributed by atoms with E-state index in [4.69, 9.17) is 0 Å². The number of hydrogen-bond acceptors (Lipinski definition) is 3. The van der Waals surface area contributed by atoms with E-state index < -0.39 is 0 Å². The van der Waals surface area contributed by atoms with Crippen LogP contribution in [-0.4, -0.2) is 30.3 Å². The molecule has 166 valence electrons. The summed E-state index contributed by atoms with van der Waals surface area (Å²) in [6.07, 6.45) is 14.9. The highest BCUT2D eigenvalue weighted by Gasteiger charge is 2.21. The molecule has 1 unspecified atom stereocenters. The zero-order valence-electron chi connectivity index (χ0n) is 19.4. The number of nitrogens with one attached hydrogen (secondary N) is 2. The first-order chi connectivity index (χ1) is 13.4. The number of unbranched alkanes of at least 4 members (excludes halogenated alkanes) is 9. The molecule has 0 aromatic rings. The minimum atomic E-state index is -0.0577. The van der Waals surface area contributed by atoms with Gasteiger partial charge in [-0.2, -0.15) is 0 Å². The number of rotatable bonds is 19. The van der Waals surface area contributed by atoms with Gasteiger partial charge in [0, 0.05) is 24.9 Å². The fraction of sp³-hybridized carbons (Fsp3) is 0.917. The maximum absolute atomic E-state index is 12.3. The van der Waals surface area contributed by atoms with Crippen molar-refractivity contribution >= 4 is 11.7 Å². The minimum Gasteiger partial charge on any atom is -0.356 e. The second-order valence-corrected chi connectivity index (χ2v) is 8.86. The molecule has 0 radical (unpaired) electrons. The molecule has 4 nitrogen and oxygen atoms in total. The molecule has 4 heteroatoms. The molecule has 2 N–H and O–H groups in total. The Morgan fingerprint density at radius 1 is 0.750 bits per heavy atom. The highest BCUT2D eigenvalue weighted by Crippen LogP contribution is 2.11. The van der Waals surface area contributed by atoms with E-state index in [1.165, 1.54) is 51.4 Å². The predicted octanol–water partition coefficient (Wildman–Crippen LogP) is 5.79. The van der Waals surface area contributed by atoms with Crippen molar-refractivity contribution in [2.45, 2.75) is 130 Å². The van der Waals surface area contributed by atoms with E-state index in [2.05, 4.69) is 31.4 Å². The summed E-state index contributed by atoms with van der Waals surface area (Å²) in [7, 11) is 0. The SMILES string of the molecule is CCCCCCCCCCCC(=O)NCCCCC(NC(C)C)C(=O)C(C)C. The van der Waals surface area contributed by atoms with Crippen LogP contribution in [0.15, 0.2) is 0 Å². The van der Waals surface area contributed by atoms with E-state index in [9.17, 15) is 9.59 Å². The first-order valence-electron chi connectivity index (χ1n) is 11.9. The molecule has 1 amide bonds. The first kappa shape index (κ1) is 27.1. The molecule has 0 aromatic carbocycles. The van der Waals surface area contributed by atoms with Gasteiger partial charge in [0.2, 0.25) is 5.91 Å². The smallest absolute Gasteiger partial charge is 0.219 e. The normalized spacial score (nSPS) is 12.5. The van der Waals surface area contributed by atoms with Crippen molar-refractivity contribution < 1.29 is 9.59 Å². The third-order valence-corrected chi connectivity index (χ3v) is 5.20. The average Bonchev–Trinajstić information content (AvgIpc) is 2.64. The summed E-state index contributed by atoms with van der Waals surface area (Å²) >= 11 is 0. The molecule has 28 heavy (non-hydrogen) atoms. The van der Waals surface area contributed by atoms with Crippen molar-refractivity contribution in [2.24, 2.45) is 5.92 Å². The molecular formula is C24H48N2O2. The Balaban J connectivity index is 3.65. The van der Waals surface area contributed by atoms with Gasteiger partial charge in [-0.3, -0.25) is 9.59 Å². The monoisotopic (exact) mass is 396 g/mol. The maximum Gasteiger partial charge on any atom is 0.219 e. The molecule has 0 spiro atoms. The lowest BCUT2D eigenvalue weighted by Crippen LogP contribution is -2.42. The minimum absolute atomic E-state index is 0.0577. The van der Waals surface area contributed by atoms with Gasteiger partial charge in [-0.15, -0.1) is 0 Å². The standard InChI is InChI=1S/C24H48N2O2/c1-6-7-8-9-10-11-12-13-14-18-23(27)25-19-16-15-17-22(26-21(4)5)24(28)20(2)3/h20-22,26H,6-19H2,1-5H3,(H,25,27). The van der Waals surface area contributed by atoms with E-state index >= 15 is 0 Å². The van der Waals surface area contributed by atoms with Crippen LogP contribution < -0.4 is 10.6 Å². The lowest BCUT2D eigenvalue weighted by molar-refractivity contribution is -0.124. The molecule has 0 heterocycles. The largest absolute Gasteiger partial charge is 0.356 e. The van der Waals surface area contributed by atoms with Gasteiger partial charge in [-0.25, -0.2) is 0 Å². The van der Waals surface area contributed by atoms with Crippen LogP contribution in [0.3, 0.4) is 0 Å². The molecule has 0 saturated carbocycles. The predicted molar refractivity (Wildman–Crippen MR) is 121 cm³/mol. The van der Waals surface area contributed by atoms with E-state index in [-0.39, 0.29) is 17.9 Å². The molecule has 0 aromatic heterocycles. The number of amides is 1. The van der Waals surface area contributed by atoms with Crippen LogP contribution in [0.4, 0.5) is 0 Å². The van der Waals surface area contributed by atoms with Crippen molar-refractivity contribution in [1.82, 2.24) is 10.6 Å². The fourth-order valence-corrected chi connectivity index (χ4v) is 3.50. The average molecular weight is 397 g/mol. The van der Waals surface area contributed by atoms with Crippen LogP contribution in [0.1, 0.15) is 118 Å². The van der Waals surface area contributed by atoms with Crippen LogP contribution in [0.25, 0.3) is 0 Å². The number of hydrogen-bond donors (Lipinski definition) is 2. The van der Waals surface area contributed by atoms with E-state index in [1.54, 1.807) is 0 Å². The van der Waals surface area contributed by atoms with Crippen molar-refractivity contribution in [2.75, 3.05) is 6.54 Å². The second kappa shape index (κ2) is 18.1. The topological polar surface area (TPSA) is 58.2 Å². The molecule has 0 saturated heterocycles. The second-order valence-electron chi connectivity index (χ2n) is 8.86. The summed E-state index contributed by atoms with van der Waals surface area (Å²) in [5, 5.41) is 6.41. The molecule has 0 aliphatic carbocycles. The molecule has 0 aliphatic rings. The number of Topliss-reactive ketones (excluding diaryl/α,β-unsaturated/α-hetero) is 1. The summed E-state index contributed by atoms with van der Waals surface area (Å²) in [6.45, 7) is 11.1. The van der Waals surface area contributed by atoms with Crippen molar-refractivity contribution in [3.8, 4) is 0 Å². The van der Waals surface area contributed by atoms with Gasteiger partial charge in [-0.05, 0) is 25.7 Å². The van der Waals surface area contributed by atoms with Crippen LogP contribution in [0, 0.1) is 5.92 Å². The molecule has 0 aliphatic heterocycles. The lowest BCUT2D eigenvalue weighted by Gasteiger charge is -2.22. The van der Waals surface area contributed by atoms with E-state index in [0.29, 0.717) is 18.2 Å². The van der Waals surface area contributed by atoms with Crippen molar-refractivity contribution in [3.05, 3.63) is 0 Å². The van der Waals surface area contributed by atoms with Crippen LogP contribution in [0.5, 0.6) is 0 Å². The number of ketones is 1. The van der Waals surface area contributed by atoms with Crippen LogP contribution in [-0.2, 0) is 9.59 Å². The Bertz CT molecular complexity index is 394. The third-order valence-electron chi connectivity index (χ3n) is 5.20. The Morgan fingerprint density at radius 3 is 1.86 bits per heavy atom. The molecule has 1 atom stereocenters. The van der Waals surface area contributed by atoms with Gasteiger partial charge < -0.3 is 10.6 Å². The summed E-state index contributed by atoms with van der Waals surface area (Å²) in [4.78, 5) is 24.2. The van der Waals surface area contributed by atoms with E-state index in [0.717, 1.165) is 32.2 Å². The number of carbonyl (C=O) groups is 2. The Labute approximate surface area is 175 Å². The quantitative estimate of drug-likeness (QED) is 0.272. The van der Waals surface area contributed by atoms with Gasteiger partial charge in [0.25, 0.3) is 0 Å². The highest BCUT2D eigenvalue weighted by molar-refractivity contribution is 5.85. The molecular weight excluding hydrogens is 348 g/mol. The van der Waals surface area contributed by atoms with Gasteiger partial charge in [-0.1, -0.05) is 86.0 Å². The molecule has 0 rings (SSSR count). The van der Waals surface area contributed by atoms with Crippen LogP contribution in [0.2, 0.25) is 0 Å². The first-order valence-corrected chi connectivity index (χ1v) is 11.9. The Kier molecular flexibility index (Phi) is 17.6. The van der Waals surface area contributed by atoms with Gasteiger partial charge >= 0.3 is 0 Å². The summed E-state index contributed by atoms with van der Waals surface area (Å²) in [5.74, 6) is 0.536. The Hall–Kier alpha value is -0.900. The Morgan fingerprint density at radius 2 is 1.32 bits per heavy atom. The van der Waals surface area contributed by atoms with Gasteiger partial charge in [0.05, 0.1) is 6.04 Å². The summed E-state index contributed by atoms with van der Waals surface area (Å²) in [6, 6.07) is 0.251. The summed E-state index contributed by atoms with van der Waals surface area (Å²) < 4.78 is 0. The van der Waals surface area contributed by atoms with Crippen molar-refractivity contribution in [1.29, 1.82) is 0 Å². The maximum atomic E-state index is 12.3. The lowest BCUT2D eigenvalue weighted by atomic mass is 9.96. The highest BCUT2D eigenvalue weighted by atomic mass is 16.1. The number of carbonyl (C=O) groups excluding carboxylic acids is 2. The molecule has 0 fully saturated rings. The van der Waals surface area contributed by atoms with E-state index in [1.807, 2.05) is 13.8 Å². The van der Waals surface area contributed by atoms with Gasteiger partial charge in [0.1, 0.15) is 0 Å². The fourth-order valence-electron chi connectivity index (χ4n) is 3.50. The van der Waals surface area contributed by atoms with Crippen LogP contribution >= 0.6 is 0 Å². The third kappa shape index (κ3) is 16.1. The summed E-state index contributed by atoms with van der Waals surface area (Å²) in [5.41, 5.74) is 0. The van der Waals surface area contributed by atoms with Gasteiger partial charge in [0.15, 0.2) is 5.78 Å².